The summed E-state index contributed by atoms with van der Waals surface area (Å²) >= 11 is 0. The van der Waals surface area contributed by atoms with E-state index in [0.29, 0.717) is 11.3 Å². The highest BCUT2D eigenvalue weighted by Gasteiger charge is 2.46. The highest BCUT2D eigenvalue weighted by molar-refractivity contribution is 5.85. The van der Waals surface area contributed by atoms with E-state index < -0.39 is 11.2 Å². The van der Waals surface area contributed by atoms with Crippen LogP contribution in [0.15, 0.2) is 133 Å². The van der Waals surface area contributed by atoms with E-state index in [1.807, 2.05) is 91.0 Å². The summed E-state index contributed by atoms with van der Waals surface area (Å²) in [6, 6.07) is 44.5. The van der Waals surface area contributed by atoms with Crippen LogP contribution in [0.3, 0.4) is 0 Å². The summed E-state index contributed by atoms with van der Waals surface area (Å²) in [7, 11) is 1.64. The average Bonchev–Trinajstić information content (AvgIpc) is 3.48. The Morgan fingerprint density at radius 2 is 0.814 bits per heavy atom. The highest BCUT2D eigenvalue weighted by atomic mass is 16.5. The van der Waals surface area contributed by atoms with Crippen molar-refractivity contribution in [2.24, 2.45) is 0 Å². The van der Waals surface area contributed by atoms with E-state index in [4.69, 9.17) is 4.74 Å². The largest absolute Gasteiger partial charge is 0.496 e. The molecule has 0 heterocycles. The molecule has 0 saturated heterocycles. The quantitative estimate of drug-likeness (QED) is 0.229. The second kappa shape index (κ2) is 9.27. The van der Waals surface area contributed by atoms with Gasteiger partial charge < -0.3 is 14.9 Å². The third-order valence-electron chi connectivity index (χ3n) is 9.40. The third-order valence-corrected chi connectivity index (χ3v) is 9.40. The number of benzene rings is 6. The van der Waals surface area contributed by atoms with Gasteiger partial charge in [0.2, 0.25) is 0 Å². The maximum Gasteiger partial charge on any atom is 0.145 e. The van der Waals surface area contributed by atoms with Crippen LogP contribution in [0.5, 0.6) is 5.75 Å². The first kappa shape index (κ1) is 25.7. The first-order chi connectivity index (χ1) is 21.0. The first-order valence-corrected chi connectivity index (χ1v) is 14.6. The minimum absolute atomic E-state index is 0.613. The number of ether oxygens (including phenoxy) is 1. The van der Waals surface area contributed by atoms with Crippen LogP contribution in [0.25, 0.3) is 33.4 Å². The third kappa shape index (κ3) is 3.44. The van der Waals surface area contributed by atoms with Crippen LogP contribution in [-0.2, 0) is 11.2 Å². The standard InChI is InChI=1S/C40H30O3/c1-25-19-20-26(23-36(25)39(41)32-15-7-3-11-28(32)29-12-4-8-16-33(29)39)27-21-22-38(43-2)37(24-27)40(42)34-17-9-5-13-30(34)31-14-6-10-18-35(31)40/h3-24,41-42H,1-2H3. The van der Waals surface area contributed by atoms with Crippen molar-refractivity contribution >= 4 is 0 Å². The van der Waals surface area contributed by atoms with Gasteiger partial charge in [-0.1, -0.05) is 115 Å². The average molecular weight is 559 g/mol. The van der Waals surface area contributed by atoms with Gasteiger partial charge in [-0.25, -0.2) is 0 Å². The van der Waals surface area contributed by atoms with Crippen LogP contribution < -0.4 is 4.74 Å². The molecule has 0 unspecified atom stereocenters. The van der Waals surface area contributed by atoms with Crippen molar-refractivity contribution in [2.75, 3.05) is 7.11 Å². The molecule has 6 aromatic carbocycles. The van der Waals surface area contributed by atoms with Crippen LogP contribution in [0, 0.1) is 6.92 Å². The monoisotopic (exact) mass is 558 g/mol. The summed E-state index contributed by atoms with van der Waals surface area (Å²) in [6.07, 6.45) is 0. The minimum Gasteiger partial charge on any atom is -0.496 e. The van der Waals surface area contributed by atoms with E-state index in [-0.39, 0.29) is 0 Å². The van der Waals surface area contributed by atoms with Gasteiger partial charge in [0.15, 0.2) is 0 Å². The molecule has 3 heteroatoms. The molecule has 2 N–H and O–H groups in total. The Labute approximate surface area is 251 Å². The lowest BCUT2D eigenvalue weighted by molar-refractivity contribution is 0.127. The highest BCUT2D eigenvalue weighted by Crippen LogP contribution is 2.54. The summed E-state index contributed by atoms with van der Waals surface area (Å²) in [5.74, 6) is 0.613. The summed E-state index contributed by atoms with van der Waals surface area (Å²) < 4.78 is 5.86. The van der Waals surface area contributed by atoms with Crippen molar-refractivity contribution in [3.8, 4) is 39.1 Å². The zero-order valence-corrected chi connectivity index (χ0v) is 24.0. The topological polar surface area (TPSA) is 49.7 Å². The molecular weight excluding hydrogens is 528 g/mol. The summed E-state index contributed by atoms with van der Waals surface area (Å²) in [5, 5.41) is 25.3. The number of hydrogen-bond acceptors (Lipinski definition) is 3. The summed E-state index contributed by atoms with van der Waals surface area (Å²) in [4.78, 5) is 0. The van der Waals surface area contributed by atoms with Crippen LogP contribution in [0.4, 0.5) is 0 Å². The van der Waals surface area contributed by atoms with Crippen molar-refractivity contribution in [2.45, 2.75) is 18.1 Å². The Morgan fingerprint density at radius 3 is 1.26 bits per heavy atom. The van der Waals surface area contributed by atoms with E-state index in [2.05, 4.69) is 49.4 Å². The van der Waals surface area contributed by atoms with Crippen molar-refractivity contribution in [1.82, 2.24) is 0 Å². The summed E-state index contributed by atoms with van der Waals surface area (Å²) in [6.45, 7) is 2.05. The Bertz CT molecular complexity index is 1980. The van der Waals surface area contributed by atoms with E-state index in [0.717, 1.165) is 66.8 Å². The number of rotatable bonds is 4. The van der Waals surface area contributed by atoms with Crippen LogP contribution in [-0.4, -0.2) is 17.3 Å². The lowest BCUT2D eigenvalue weighted by Gasteiger charge is -2.30. The van der Waals surface area contributed by atoms with E-state index in [1.165, 1.54) is 0 Å². The molecule has 0 aliphatic heterocycles. The molecule has 8 rings (SSSR count). The van der Waals surface area contributed by atoms with Gasteiger partial charge in [-0.3, -0.25) is 0 Å². The van der Waals surface area contributed by atoms with Gasteiger partial charge in [-0.2, -0.15) is 0 Å². The Hall–Kier alpha value is -4.96. The van der Waals surface area contributed by atoms with Gasteiger partial charge in [0, 0.05) is 27.8 Å². The van der Waals surface area contributed by atoms with Crippen LogP contribution >= 0.6 is 0 Å². The molecule has 3 nitrogen and oxygen atoms in total. The molecule has 0 fully saturated rings. The van der Waals surface area contributed by atoms with Crippen LogP contribution in [0.2, 0.25) is 0 Å². The second-order valence-corrected chi connectivity index (χ2v) is 11.5. The number of aryl methyl sites for hydroxylation is 1. The lowest BCUT2D eigenvalue weighted by Crippen LogP contribution is -2.27. The number of methoxy groups -OCH3 is 1. The molecule has 0 aromatic heterocycles. The van der Waals surface area contributed by atoms with Gasteiger partial charge in [0.05, 0.1) is 7.11 Å². The molecule has 0 atom stereocenters. The van der Waals surface area contributed by atoms with Crippen molar-refractivity contribution < 1.29 is 14.9 Å². The molecule has 6 aromatic rings. The normalized spacial score (nSPS) is 14.9. The van der Waals surface area contributed by atoms with Gasteiger partial charge in [-0.15, -0.1) is 0 Å². The fourth-order valence-corrected chi connectivity index (χ4v) is 7.37. The lowest BCUT2D eigenvalue weighted by atomic mass is 9.80. The molecule has 0 radical (unpaired) electrons. The minimum atomic E-state index is -1.39. The number of hydrogen-bond donors (Lipinski definition) is 2. The molecule has 0 spiro atoms. The maximum atomic E-state index is 12.7. The smallest absolute Gasteiger partial charge is 0.145 e. The molecule has 0 amide bonds. The van der Waals surface area contributed by atoms with Crippen molar-refractivity contribution in [3.63, 3.8) is 0 Å². The zero-order valence-electron chi connectivity index (χ0n) is 24.0. The van der Waals surface area contributed by atoms with Crippen LogP contribution in [0.1, 0.15) is 38.9 Å². The van der Waals surface area contributed by atoms with Crippen molar-refractivity contribution in [3.05, 3.63) is 172 Å². The van der Waals surface area contributed by atoms with E-state index in [1.54, 1.807) is 7.11 Å². The van der Waals surface area contributed by atoms with Crippen molar-refractivity contribution in [1.29, 1.82) is 0 Å². The predicted molar refractivity (Wildman–Crippen MR) is 171 cm³/mol. The van der Waals surface area contributed by atoms with Gasteiger partial charge in [0.25, 0.3) is 0 Å². The molecule has 43 heavy (non-hydrogen) atoms. The Morgan fingerprint density at radius 1 is 0.442 bits per heavy atom. The Kier molecular flexibility index (Phi) is 5.55. The predicted octanol–water partition coefficient (Wildman–Crippen LogP) is 8.20. The maximum absolute atomic E-state index is 12.7. The number of aliphatic hydroxyl groups is 2. The summed E-state index contributed by atoms with van der Waals surface area (Å²) in [5.41, 5.74) is 9.33. The molecule has 2 aliphatic rings. The fraction of sp³-hybridized carbons (Fsp3) is 0.100. The molecule has 0 bridgehead atoms. The molecule has 208 valence electrons. The SMILES string of the molecule is COc1ccc(-c2ccc(C)c(C3(O)c4ccccc4-c4ccccc43)c2)cc1C1(O)c2ccccc2-c2ccccc21. The zero-order chi connectivity index (χ0) is 29.3. The second-order valence-electron chi connectivity index (χ2n) is 11.5. The molecule has 2 aliphatic carbocycles. The van der Waals surface area contributed by atoms with E-state index >= 15 is 0 Å². The molecule has 0 saturated carbocycles. The van der Waals surface area contributed by atoms with Gasteiger partial charge in [-0.05, 0) is 69.6 Å². The number of fused-ring (bicyclic) bond motifs is 6. The molecular formula is C40H30O3. The van der Waals surface area contributed by atoms with Gasteiger partial charge >= 0.3 is 0 Å². The fourth-order valence-electron chi connectivity index (χ4n) is 7.37. The first-order valence-electron chi connectivity index (χ1n) is 14.6. The van der Waals surface area contributed by atoms with Gasteiger partial charge in [0.1, 0.15) is 17.0 Å². The Balaban J connectivity index is 1.33. The van der Waals surface area contributed by atoms with E-state index in [9.17, 15) is 10.2 Å².